The number of aryl methyl sites for hydroxylation is 1. The largest absolute Gasteiger partial charge is 0.478 e. The van der Waals surface area contributed by atoms with Crippen LogP contribution < -0.4 is 5.56 Å². The lowest BCUT2D eigenvalue weighted by Gasteiger charge is -2.12. The number of carboxylic acid groups (broad SMARTS) is 2. The Bertz CT molecular complexity index is 2240. The van der Waals surface area contributed by atoms with Gasteiger partial charge in [-0.1, -0.05) is 50.2 Å². The predicted molar refractivity (Wildman–Crippen MR) is 177 cm³/mol. The maximum Gasteiger partial charge on any atom is 0.416 e. The fourth-order valence-corrected chi connectivity index (χ4v) is 5.05. The third kappa shape index (κ3) is 8.00. The summed E-state index contributed by atoms with van der Waals surface area (Å²) in [6.45, 7) is 4.00. The molecular formula is C37H28F6N2O5. The third-order valence-corrected chi connectivity index (χ3v) is 7.48. The van der Waals surface area contributed by atoms with Gasteiger partial charge in [0.15, 0.2) is 0 Å². The van der Waals surface area contributed by atoms with Crippen molar-refractivity contribution in [3.05, 3.63) is 136 Å². The molecule has 0 atom stereocenters. The van der Waals surface area contributed by atoms with Crippen molar-refractivity contribution in [2.45, 2.75) is 26.2 Å². The van der Waals surface area contributed by atoms with Crippen LogP contribution in [0.25, 0.3) is 43.8 Å². The van der Waals surface area contributed by atoms with Crippen molar-refractivity contribution < 1.29 is 46.1 Å². The third-order valence-electron chi connectivity index (χ3n) is 7.48. The molecule has 0 amide bonds. The van der Waals surface area contributed by atoms with Crippen LogP contribution >= 0.6 is 0 Å². The number of halogens is 6. The highest BCUT2D eigenvalue weighted by Crippen LogP contribution is 2.34. The summed E-state index contributed by atoms with van der Waals surface area (Å²) in [5, 5.41) is 20.1. The first-order chi connectivity index (χ1) is 23.5. The smallest absolute Gasteiger partial charge is 0.416 e. The number of carboxylic acids is 2. The maximum absolute atomic E-state index is 12.7. The molecule has 0 aliphatic carbocycles. The van der Waals surface area contributed by atoms with E-state index >= 15 is 0 Å². The second-order valence-corrected chi connectivity index (χ2v) is 10.6. The number of alkyl halides is 6. The van der Waals surface area contributed by atoms with E-state index in [1.807, 2.05) is 13.8 Å². The number of rotatable bonds is 4. The molecule has 2 N–H and O–H groups in total. The van der Waals surface area contributed by atoms with E-state index in [2.05, 4.69) is 4.98 Å². The lowest BCUT2D eigenvalue weighted by Crippen LogP contribution is -2.17. The Kier molecular flexibility index (Phi) is 10.8. The summed E-state index contributed by atoms with van der Waals surface area (Å²) < 4.78 is 77.3. The SMILES string of the molecule is CC.Cn1cc(-c2ccc(C(F)(F)F)cc2)c2ccc(C(=O)O)cc2c1=O.O=C(O)c1ccc2c(-c3ccc(C(F)(F)F)cc3)cncc2c1. The van der Waals surface area contributed by atoms with Crippen molar-refractivity contribution in [3.63, 3.8) is 0 Å². The number of hydrogen-bond donors (Lipinski definition) is 2. The van der Waals surface area contributed by atoms with Crippen molar-refractivity contribution in [2.24, 2.45) is 7.05 Å². The van der Waals surface area contributed by atoms with E-state index in [0.717, 1.165) is 29.7 Å². The van der Waals surface area contributed by atoms with Gasteiger partial charge in [0.1, 0.15) is 0 Å². The summed E-state index contributed by atoms with van der Waals surface area (Å²) in [5.41, 5.74) is 0.500. The summed E-state index contributed by atoms with van der Waals surface area (Å²) in [5.74, 6) is -2.21. The first-order valence-corrected chi connectivity index (χ1v) is 14.9. The molecule has 4 aromatic carbocycles. The van der Waals surface area contributed by atoms with Crippen molar-refractivity contribution in [1.29, 1.82) is 0 Å². The molecule has 2 heterocycles. The minimum Gasteiger partial charge on any atom is -0.478 e. The number of fused-ring (bicyclic) bond motifs is 2. The van der Waals surface area contributed by atoms with Crippen LogP contribution in [0.2, 0.25) is 0 Å². The fraction of sp³-hybridized carbons (Fsp3) is 0.135. The van der Waals surface area contributed by atoms with Crippen LogP contribution in [0.3, 0.4) is 0 Å². The number of aromatic nitrogens is 2. The Morgan fingerprint density at radius 1 is 0.620 bits per heavy atom. The van der Waals surface area contributed by atoms with E-state index in [4.69, 9.17) is 10.2 Å². The van der Waals surface area contributed by atoms with Gasteiger partial charge in [-0.05, 0) is 70.4 Å². The highest BCUT2D eigenvalue weighted by atomic mass is 19.4. The zero-order valence-corrected chi connectivity index (χ0v) is 26.6. The average Bonchev–Trinajstić information content (AvgIpc) is 3.09. The van der Waals surface area contributed by atoms with Gasteiger partial charge in [0, 0.05) is 47.5 Å². The molecule has 0 saturated carbocycles. The normalized spacial score (nSPS) is 11.3. The average molecular weight is 695 g/mol. The summed E-state index contributed by atoms with van der Waals surface area (Å²) in [4.78, 5) is 38.5. The lowest BCUT2D eigenvalue weighted by molar-refractivity contribution is -0.138. The number of benzene rings is 4. The molecule has 6 aromatic rings. The zero-order chi connectivity index (χ0) is 37.0. The van der Waals surface area contributed by atoms with Crippen LogP contribution in [0.15, 0.2) is 108 Å². The van der Waals surface area contributed by atoms with E-state index in [0.29, 0.717) is 33.0 Å². The van der Waals surface area contributed by atoms with Gasteiger partial charge in [-0.25, -0.2) is 9.59 Å². The molecule has 7 nitrogen and oxygen atoms in total. The molecule has 0 fully saturated rings. The van der Waals surface area contributed by atoms with Crippen LogP contribution in [0.5, 0.6) is 0 Å². The van der Waals surface area contributed by atoms with Gasteiger partial charge in [-0.15, -0.1) is 0 Å². The number of aromatic carboxylic acids is 2. The first-order valence-electron chi connectivity index (χ1n) is 14.9. The first kappa shape index (κ1) is 36.8. The lowest BCUT2D eigenvalue weighted by atomic mass is 9.98. The van der Waals surface area contributed by atoms with E-state index in [1.165, 1.54) is 78.6 Å². The molecule has 0 aliphatic heterocycles. The van der Waals surface area contributed by atoms with Gasteiger partial charge >= 0.3 is 24.3 Å². The summed E-state index contributed by atoms with van der Waals surface area (Å²) in [7, 11) is 1.50. The number of carbonyl (C=O) groups is 2. The minimum atomic E-state index is -4.43. The molecular weight excluding hydrogens is 666 g/mol. The standard InChI is InChI=1S/C18H12F3NO3.C17H10F3NO2.C2H6/c1-22-9-15(10-2-5-12(6-3-10)18(19,20)21)13-7-4-11(17(24)25)8-14(13)16(22)23;18-17(19,20)13-4-1-10(2-5-13)15-9-21-8-12-7-11(16(22)23)3-6-14(12)15;1-2/h2-9H,1H3,(H,24,25);1-9H,(H,22,23);1-2H3. The fourth-order valence-electron chi connectivity index (χ4n) is 5.05. The van der Waals surface area contributed by atoms with Crippen molar-refractivity contribution in [1.82, 2.24) is 9.55 Å². The zero-order valence-electron chi connectivity index (χ0n) is 26.6. The van der Waals surface area contributed by atoms with Crippen LogP contribution in [0, 0.1) is 0 Å². The molecule has 0 unspecified atom stereocenters. The minimum absolute atomic E-state index is 0.0332. The monoisotopic (exact) mass is 694 g/mol. The maximum atomic E-state index is 12.7. The van der Waals surface area contributed by atoms with Crippen LogP contribution in [-0.2, 0) is 19.4 Å². The second-order valence-electron chi connectivity index (χ2n) is 10.6. The Morgan fingerprint density at radius 2 is 1.08 bits per heavy atom. The summed E-state index contributed by atoms with van der Waals surface area (Å²) in [6.07, 6.45) is -4.22. The van der Waals surface area contributed by atoms with Crippen molar-refractivity contribution in [3.8, 4) is 22.3 Å². The molecule has 13 heteroatoms. The van der Waals surface area contributed by atoms with Crippen LogP contribution in [0.1, 0.15) is 45.7 Å². The van der Waals surface area contributed by atoms with Crippen molar-refractivity contribution >= 4 is 33.5 Å². The Hall–Kier alpha value is -5.98. The van der Waals surface area contributed by atoms with E-state index < -0.39 is 35.4 Å². The van der Waals surface area contributed by atoms with Gasteiger partial charge in [0.05, 0.1) is 22.3 Å². The quantitative estimate of drug-likeness (QED) is 0.178. The number of pyridine rings is 2. The van der Waals surface area contributed by atoms with Gasteiger partial charge in [-0.2, -0.15) is 26.3 Å². The second kappa shape index (κ2) is 14.6. The van der Waals surface area contributed by atoms with Gasteiger partial charge in [0.2, 0.25) is 0 Å². The molecule has 2 aromatic heterocycles. The van der Waals surface area contributed by atoms with E-state index in [9.17, 15) is 40.7 Å². The Morgan fingerprint density at radius 3 is 1.56 bits per heavy atom. The van der Waals surface area contributed by atoms with E-state index in [1.54, 1.807) is 12.3 Å². The topological polar surface area (TPSA) is 109 Å². The van der Waals surface area contributed by atoms with Gasteiger partial charge < -0.3 is 14.8 Å². The van der Waals surface area contributed by atoms with Gasteiger partial charge in [-0.3, -0.25) is 9.78 Å². The molecule has 0 radical (unpaired) electrons. The predicted octanol–water partition coefficient (Wildman–Crippen LogP) is 9.57. The van der Waals surface area contributed by atoms with Gasteiger partial charge in [0.25, 0.3) is 5.56 Å². The highest BCUT2D eigenvalue weighted by molar-refractivity contribution is 6.01. The molecule has 6 rings (SSSR count). The Labute approximate surface area is 280 Å². The molecule has 0 spiro atoms. The summed E-state index contributed by atoms with van der Waals surface area (Å²) >= 11 is 0. The number of nitrogens with zero attached hydrogens (tertiary/aromatic N) is 2. The molecule has 0 bridgehead atoms. The summed E-state index contributed by atoms with van der Waals surface area (Å²) in [6, 6.07) is 18.1. The van der Waals surface area contributed by atoms with Crippen molar-refractivity contribution in [2.75, 3.05) is 0 Å². The number of hydrogen-bond acceptors (Lipinski definition) is 4. The van der Waals surface area contributed by atoms with E-state index in [-0.39, 0.29) is 22.1 Å². The highest BCUT2D eigenvalue weighted by Gasteiger charge is 2.31. The Balaban J connectivity index is 0.000000215. The van der Waals surface area contributed by atoms with Crippen LogP contribution in [0.4, 0.5) is 26.3 Å². The molecule has 0 saturated heterocycles. The molecule has 258 valence electrons. The molecule has 0 aliphatic rings. The van der Waals surface area contributed by atoms with Crippen LogP contribution in [-0.4, -0.2) is 31.7 Å². The molecule has 50 heavy (non-hydrogen) atoms.